The lowest BCUT2D eigenvalue weighted by molar-refractivity contribution is -0.384. The van der Waals surface area contributed by atoms with Crippen LogP contribution in [0.5, 0.6) is 0 Å². The van der Waals surface area contributed by atoms with E-state index in [2.05, 4.69) is 0 Å². The third-order valence-electron chi connectivity index (χ3n) is 3.87. The third kappa shape index (κ3) is 4.43. The minimum Gasteiger partial charge on any atom is -0.464 e. The molecule has 0 aliphatic heterocycles. The van der Waals surface area contributed by atoms with Crippen molar-refractivity contribution in [2.75, 3.05) is 10.9 Å². The molecule has 1 unspecified atom stereocenters. The number of ether oxygens (including phenoxy) is 1. The maximum atomic E-state index is 13.2. The van der Waals surface area contributed by atoms with E-state index in [9.17, 15) is 23.3 Å². The molecule has 0 N–H and O–H groups in total. The monoisotopic (exact) mass is 392 g/mol. The summed E-state index contributed by atoms with van der Waals surface area (Å²) < 4.78 is 32.3. The minimum absolute atomic E-state index is 0.00241. The average molecular weight is 392 g/mol. The molecule has 0 amide bonds. The Hall–Kier alpha value is -2.94. The molecule has 2 aromatic rings. The summed E-state index contributed by atoms with van der Waals surface area (Å²) in [6.45, 7) is 4.95. The summed E-state index contributed by atoms with van der Waals surface area (Å²) in [5.74, 6) is -0.716. The molecule has 0 saturated carbocycles. The SMILES string of the molecule is CCOC(=O)C(C)N(c1ccc([N+](=O)[O-])cc1)S(=O)(=O)c1ccc(C)cc1. The van der Waals surface area contributed by atoms with Gasteiger partial charge in [-0.1, -0.05) is 17.7 Å². The largest absolute Gasteiger partial charge is 0.464 e. The van der Waals surface area contributed by atoms with E-state index in [0.29, 0.717) is 0 Å². The van der Waals surface area contributed by atoms with Gasteiger partial charge in [-0.2, -0.15) is 0 Å². The van der Waals surface area contributed by atoms with Gasteiger partial charge in [0.1, 0.15) is 6.04 Å². The summed E-state index contributed by atoms with van der Waals surface area (Å²) in [6.07, 6.45) is 0. The van der Waals surface area contributed by atoms with Crippen LogP contribution in [-0.4, -0.2) is 32.0 Å². The van der Waals surface area contributed by atoms with Crippen molar-refractivity contribution in [2.45, 2.75) is 31.7 Å². The number of hydrogen-bond donors (Lipinski definition) is 0. The minimum atomic E-state index is -4.10. The molecule has 8 nitrogen and oxygen atoms in total. The molecular weight excluding hydrogens is 372 g/mol. The lowest BCUT2D eigenvalue weighted by Gasteiger charge is -2.29. The average Bonchev–Trinajstić information content (AvgIpc) is 2.62. The predicted octanol–water partition coefficient (Wildman–Crippen LogP) is 3.05. The first-order valence-corrected chi connectivity index (χ1v) is 9.64. The number of non-ortho nitro benzene ring substituents is 1. The number of hydrogen-bond acceptors (Lipinski definition) is 6. The van der Waals surface area contributed by atoms with Crippen molar-refractivity contribution in [3.05, 3.63) is 64.2 Å². The number of nitro groups is 1. The maximum Gasteiger partial charge on any atom is 0.329 e. The molecule has 0 aliphatic carbocycles. The lowest BCUT2D eigenvalue weighted by Crippen LogP contribution is -2.44. The highest BCUT2D eigenvalue weighted by Gasteiger charge is 2.34. The third-order valence-corrected chi connectivity index (χ3v) is 5.79. The van der Waals surface area contributed by atoms with Gasteiger partial charge in [0.05, 0.1) is 22.1 Å². The summed E-state index contributed by atoms with van der Waals surface area (Å²) in [7, 11) is -4.10. The van der Waals surface area contributed by atoms with Crippen LogP contribution >= 0.6 is 0 Å². The van der Waals surface area contributed by atoms with E-state index in [4.69, 9.17) is 4.74 Å². The Kier molecular flexibility index (Phi) is 6.17. The summed E-state index contributed by atoms with van der Waals surface area (Å²) in [5.41, 5.74) is 0.825. The standard InChI is InChI=1S/C18H20N2O6S/c1-4-26-18(21)14(3)19(15-7-9-16(10-8-15)20(22)23)27(24,25)17-11-5-13(2)6-12-17/h5-12,14H,4H2,1-3H3. The number of benzene rings is 2. The molecule has 0 aromatic heterocycles. The lowest BCUT2D eigenvalue weighted by atomic mass is 10.2. The Bertz CT molecular complexity index is 923. The topological polar surface area (TPSA) is 107 Å². The van der Waals surface area contributed by atoms with Gasteiger partial charge in [0.15, 0.2) is 0 Å². The first-order valence-electron chi connectivity index (χ1n) is 8.20. The van der Waals surface area contributed by atoms with E-state index in [0.717, 1.165) is 9.87 Å². The van der Waals surface area contributed by atoms with Crippen LogP contribution in [0.4, 0.5) is 11.4 Å². The number of carbonyl (C=O) groups is 1. The van der Waals surface area contributed by atoms with Crippen LogP contribution in [0.15, 0.2) is 53.4 Å². The fourth-order valence-corrected chi connectivity index (χ4v) is 4.08. The van der Waals surface area contributed by atoms with Gasteiger partial charge in [0.2, 0.25) is 0 Å². The van der Waals surface area contributed by atoms with Crippen LogP contribution < -0.4 is 4.31 Å². The fraction of sp³-hybridized carbons (Fsp3) is 0.278. The molecule has 0 heterocycles. The van der Waals surface area contributed by atoms with E-state index in [-0.39, 0.29) is 22.9 Å². The highest BCUT2D eigenvalue weighted by molar-refractivity contribution is 7.92. The number of anilines is 1. The quantitative estimate of drug-likeness (QED) is 0.407. The number of nitro benzene ring substituents is 1. The molecule has 27 heavy (non-hydrogen) atoms. The summed E-state index contributed by atoms with van der Waals surface area (Å²) in [5, 5.41) is 10.9. The van der Waals surface area contributed by atoms with Crippen LogP contribution in [0.25, 0.3) is 0 Å². The second-order valence-electron chi connectivity index (χ2n) is 5.82. The summed E-state index contributed by atoms with van der Waals surface area (Å²) >= 11 is 0. The van der Waals surface area contributed by atoms with Gasteiger partial charge in [-0.3, -0.25) is 14.4 Å². The molecular formula is C18H20N2O6S. The van der Waals surface area contributed by atoms with E-state index in [1.54, 1.807) is 19.1 Å². The number of esters is 1. The van der Waals surface area contributed by atoms with Crippen molar-refractivity contribution in [2.24, 2.45) is 0 Å². The van der Waals surface area contributed by atoms with Gasteiger partial charge < -0.3 is 4.74 Å². The number of nitrogens with zero attached hydrogens (tertiary/aromatic N) is 2. The number of aryl methyl sites for hydroxylation is 1. The van der Waals surface area contributed by atoms with Gasteiger partial charge in [0, 0.05) is 12.1 Å². The predicted molar refractivity (Wildman–Crippen MR) is 100 cm³/mol. The summed E-state index contributed by atoms with van der Waals surface area (Å²) in [6, 6.07) is 9.99. The smallest absolute Gasteiger partial charge is 0.329 e. The number of rotatable bonds is 7. The maximum absolute atomic E-state index is 13.2. The molecule has 1 atom stereocenters. The van der Waals surface area contributed by atoms with Crippen molar-refractivity contribution in [3.63, 3.8) is 0 Å². The van der Waals surface area contributed by atoms with Crippen molar-refractivity contribution in [1.29, 1.82) is 0 Å². The van der Waals surface area contributed by atoms with Crippen molar-refractivity contribution in [3.8, 4) is 0 Å². The second-order valence-corrected chi connectivity index (χ2v) is 7.63. The molecule has 0 spiro atoms. The molecule has 144 valence electrons. The molecule has 2 aromatic carbocycles. The Balaban J connectivity index is 2.56. The van der Waals surface area contributed by atoms with Gasteiger partial charge in [-0.05, 0) is 45.0 Å². The van der Waals surface area contributed by atoms with E-state index in [1.165, 1.54) is 43.3 Å². The van der Waals surface area contributed by atoms with Crippen LogP contribution in [0, 0.1) is 17.0 Å². The molecule has 0 saturated heterocycles. The van der Waals surface area contributed by atoms with E-state index in [1.807, 2.05) is 6.92 Å². The second kappa shape index (κ2) is 8.17. The zero-order chi connectivity index (χ0) is 20.2. The zero-order valence-electron chi connectivity index (χ0n) is 15.2. The molecule has 9 heteroatoms. The Morgan fingerprint density at radius 3 is 2.19 bits per heavy atom. The Morgan fingerprint density at radius 1 is 1.15 bits per heavy atom. The van der Waals surface area contributed by atoms with E-state index >= 15 is 0 Å². The van der Waals surface area contributed by atoms with Crippen LogP contribution in [0.2, 0.25) is 0 Å². The number of sulfonamides is 1. The van der Waals surface area contributed by atoms with Gasteiger partial charge >= 0.3 is 5.97 Å². The molecule has 0 aliphatic rings. The first-order chi connectivity index (χ1) is 12.7. The fourth-order valence-electron chi connectivity index (χ4n) is 2.47. The zero-order valence-corrected chi connectivity index (χ0v) is 16.0. The molecule has 0 fully saturated rings. The van der Waals surface area contributed by atoms with Crippen molar-refractivity contribution >= 4 is 27.4 Å². The van der Waals surface area contributed by atoms with Gasteiger partial charge in [0.25, 0.3) is 15.7 Å². The Labute approximate surface area is 157 Å². The van der Waals surface area contributed by atoms with Gasteiger partial charge in [-0.25, -0.2) is 13.2 Å². The first kappa shape index (κ1) is 20.4. The van der Waals surface area contributed by atoms with Crippen LogP contribution in [-0.2, 0) is 19.6 Å². The normalized spacial score (nSPS) is 12.3. The van der Waals surface area contributed by atoms with Crippen LogP contribution in [0.3, 0.4) is 0 Å². The van der Waals surface area contributed by atoms with Crippen molar-refractivity contribution < 1.29 is 22.9 Å². The van der Waals surface area contributed by atoms with Crippen LogP contribution in [0.1, 0.15) is 19.4 Å². The molecule has 0 bridgehead atoms. The summed E-state index contributed by atoms with van der Waals surface area (Å²) in [4.78, 5) is 22.5. The Morgan fingerprint density at radius 2 is 1.70 bits per heavy atom. The highest BCUT2D eigenvalue weighted by atomic mass is 32.2. The number of carbonyl (C=O) groups excluding carboxylic acids is 1. The molecule has 0 radical (unpaired) electrons. The molecule has 2 rings (SSSR count). The van der Waals surface area contributed by atoms with Gasteiger partial charge in [-0.15, -0.1) is 0 Å². The van der Waals surface area contributed by atoms with E-state index < -0.39 is 27.0 Å². The van der Waals surface area contributed by atoms with Crippen molar-refractivity contribution in [1.82, 2.24) is 0 Å². The highest BCUT2D eigenvalue weighted by Crippen LogP contribution is 2.28.